The first kappa shape index (κ1) is 56.4. The van der Waals surface area contributed by atoms with Crippen LogP contribution in [0.2, 0.25) is 0 Å². The molecule has 0 bridgehead atoms. The molecule has 0 fully saturated rings. The molecule has 0 unspecified atom stereocenters. The minimum absolute atomic E-state index is 0.691. The number of fused-ring (bicyclic) bond motifs is 1. The van der Waals surface area contributed by atoms with Crippen molar-refractivity contribution < 1.29 is 110 Å². The van der Waals surface area contributed by atoms with Crippen molar-refractivity contribution in [1.82, 2.24) is 0 Å². The summed E-state index contributed by atoms with van der Waals surface area (Å²) in [7, 11) is 0. The number of nitrogens with one attached hydrogen (secondary N) is 1. The van der Waals surface area contributed by atoms with E-state index in [0.29, 0.717) is 0 Å². The van der Waals surface area contributed by atoms with E-state index in [2.05, 4.69) is 65.6 Å². The molecule has 0 aliphatic carbocycles. The van der Waals surface area contributed by atoms with E-state index in [0.717, 1.165) is 6.42 Å². The van der Waals surface area contributed by atoms with E-state index in [1.165, 1.54) is 22.0 Å². The summed E-state index contributed by atoms with van der Waals surface area (Å²) in [5.74, 6) is 0. The van der Waals surface area contributed by atoms with E-state index in [9.17, 15) is 105 Å². The van der Waals surface area contributed by atoms with Gasteiger partial charge >= 0.3 is 49.4 Å². The quantitative estimate of drug-likeness (QED) is 0.116. The number of hydrogen-bond acceptors (Lipinski definition) is 0. The van der Waals surface area contributed by atoms with Crippen LogP contribution in [0.3, 0.4) is 0 Å². The number of benzene rings is 6. The zero-order valence-electron chi connectivity index (χ0n) is 36.1. The van der Waals surface area contributed by atoms with Gasteiger partial charge in [0.25, 0.3) is 0 Å². The van der Waals surface area contributed by atoms with Gasteiger partial charge in [-0.3, -0.25) is 0 Å². The lowest BCUT2D eigenvalue weighted by atomic mass is 9.12. The Morgan fingerprint density at radius 2 is 0.554 bits per heavy atom. The first-order chi connectivity index (χ1) is 33.7. The summed E-state index contributed by atoms with van der Waals surface area (Å²) < 4.78 is 341. The second-order valence-electron chi connectivity index (χ2n) is 16.4. The number of rotatable bonds is 6. The molecule has 7 rings (SSSR count). The molecule has 6 aromatic carbocycles. The molecule has 74 heavy (non-hydrogen) atoms. The standard InChI is InChI=1S/C32H12BF24.C16H13N/c34-25(35,36)13-1-14(26(37,38)39)6-21(5-13)33(22-7-15(27(40,41)42)2-16(8-22)28(43,44)45,23-9-17(29(46,47)48)3-18(10-23)30(49,50)51)24-11-19(31(52,53)54)4-20(12-24)32(55,56)57;1-2-6-13(7-3-1)12-16-15-9-5-4-8-14(15)10-11-17-16/h1-12H;1-11H,12H2/q-1;/p+1. The summed E-state index contributed by atoms with van der Waals surface area (Å²) in [5, 5.41) is 2.59. The van der Waals surface area contributed by atoms with Crippen molar-refractivity contribution in [3.05, 3.63) is 195 Å². The van der Waals surface area contributed by atoms with Crippen LogP contribution in [0.15, 0.2) is 140 Å². The highest BCUT2D eigenvalue weighted by Crippen LogP contribution is 2.41. The predicted octanol–water partition coefficient (Wildman–Crippen LogP) is 14.5. The second kappa shape index (κ2) is 19.4. The summed E-state index contributed by atoms with van der Waals surface area (Å²) in [6, 6.07) is 12.3. The van der Waals surface area contributed by atoms with Crippen molar-refractivity contribution in [2.24, 2.45) is 0 Å². The van der Waals surface area contributed by atoms with Crippen molar-refractivity contribution in [1.29, 1.82) is 0 Å². The van der Waals surface area contributed by atoms with Crippen molar-refractivity contribution in [2.45, 2.75) is 55.8 Å². The predicted molar refractivity (Wildman–Crippen MR) is 220 cm³/mol. The molecule has 26 heteroatoms. The number of alkyl halides is 24. The number of hydrogen-bond donors (Lipinski definition) is 0. The van der Waals surface area contributed by atoms with E-state index >= 15 is 0 Å². The Morgan fingerprint density at radius 3 is 0.824 bits per heavy atom. The van der Waals surface area contributed by atoms with Gasteiger partial charge in [0.05, 0.1) is 50.9 Å². The number of H-pyrrole nitrogens is 1. The molecule has 0 saturated heterocycles. The van der Waals surface area contributed by atoms with Crippen molar-refractivity contribution in [3.8, 4) is 0 Å². The molecule has 1 nitrogen and oxygen atoms in total. The number of pyridine rings is 1. The summed E-state index contributed by atoms with van der Waals surface area (Å²) >= 11 is 0. The maximum absolute atomic E-state index is 14.2. The number of aromatic nitrogens is 1. The van der Waals surface area contributed by atoms with Gasteiger partial charge in [-0.1, -0.05) is 97.1 Å². The molecule has 0 radical (unpaired) electrons. The molecule has 1 N–H and O–H groups in total. The van der Waals surface area contributed by atoms with Crippen molar-refractivity contribution in [2.75, 3.05) is 0 Å². The van der Waals surface area contributed by atoms with Gasteiger partial charge < -0.3 is 0 Å². The minimum atomic E-state index is -6.13. The van der Waals surface area contributed by atoms with Crippen LogP contribution < -0.4 is 26.8 Å². The zero-order valence-corrected chi connectivity index (χ0v) is 36.1. The first-order valence-electron chi connectivity index (χ1n) is 20.5. The summed E-state index contributed by atoms with van der Waals surface area (Å²) in [4.78, 5) is 3.36. The van der Waals surface area contributed by atoms with Crippen LogP contribution >= 0.6 is 0 Å². The van der Waals surface area contributed by atoms with Crippen LogP contribution in [-0.4, -0.2) is 6.15 Å². The average molecular weight is 1080 g/mol. The second-order valence-corrected chi connectivity index (χ2v) is 16.4. The fourth-order valence-corrected chi connectivity index (χ4v) is 8.24. The maximum Gasteiger partial charge on any atom is 0.416 e. The van der Waals surface area contributed by atoms with E-state index in [-0.39, 0.29) is 0 Å². The molecule has 1 aromatic heterocycles. The summed E-state index contributed by atoms with van der Waals surface area (Å²) in [5.41, 5.74) is -27.6. The van der Waals surface area contributed by atoms with Gasteiger partial charge in [-0.2, -0.15) is 127 Å². The molecule has 0 aliphatic rings. The van der Waals surface area contributed by atoms with E-state index < -0.39 is 195 Å². The normalized spacial score (nSPS) is 13.5. The van der Waals surface area contributed by atoms with Gasteiger partial charge in [0.2, 0.25) is 0 Å². The Bertz CT molecular complexity index is 2690. The van der Waals surface area contributed by atoms with E-state index in [1.807, 2.05) is 6.20 Å². The lowest BCUT2D eigenvalue weighted by Gasteiger charge is -2.46. The Morgan fingerprint density at radius 1 is 0.297 bits per heavy atom. The number of aromatic amines is 1. The third-order valence-corrected chi connectivity index (χ3v) is 11.5. The van der Waals surface area contributed by atoms with Crippen molar-refractivity contribution >= 4 is 38.8 Å². The van der Waals surface area contributed by atoms with Crippen molar-refractivity contribution in [3.63, 3.8) is 0 Å². The Labute approximate surface area is 400 Å². The fraction of sp³-hybridized carbons (Fsp3) is 0.188. The fourth-order valence-electron chi connectivity index (χ4n) is 8.24. The lowest BCUT2D eigenvalue weighted by molar-refractivity contribution is -0.387. The molecule has 1 heterocycles. The van der Waals surface area contributed by atoms with Crippen LogP contribution in [0, 0.1) is 0 Å². The molecule has 7 aromatic rings. The summed E-state index contributed by atoms with van der Waals surface area (Å²) in [6.45, 7) is 0. The van der Waals surface area contributed by atoms with Crippen LogP contribution in [-0.2, 0) is 55.8 Å². The summed E-state index contributed by atoms with van der Waals surface area (Å²) in [6.07, 6.45) is -51.8. The molecule has 394 valence electrons. The van der Waals surface area contributed by atoms with Crippen LogP contribution in [0.1, 0.15) is 55.8 Å². The van der Waals surface area contributed by atoms with Gasteiger partial charge in [-0.05, 0) is 41.3 Å². The third-order valence-electron chi connectivity index (χ3n) is 11.5. The Kier molecular flexibility index (Phi) is 14.8. The Balaban J connectivity index is 0.000000436. The number of halogens is 24. The van der Waals surface area contributed by atoms with Gasteiger partial charge in [0.1, 0.15) is 6.15 Å². The maximum atomic E-state index is 14.2. The molecule has 0 amide bonds. The van der Waals surface area contributed by atoms with E-state index in [1.54, 1.807) is 0 Å². The Hall–Kier alpha value is -6.89. The lowest BCUT2D eigenvalue weighted by Crippen LogP contribution is -2.75. The molecular weight excluding hydrogens is 1060 g/mol. The first-order valence-corrected chi connectivity index (χ1v) is 20.5. The van der Waals surface area contributed by atoms with Crippen LogP contribution in [0.5, 0.6) is 0 Å². The third kappa shape index (κ3) is 12.5. The van der Waals surface area contributed by atoms with Crippen LogP contribution in [0.25, 0.3) is 10.8 Å². The smallest absolute Gasteiger partial charge is 0.214 e. The monoisotopic (exact) mass is 1080 g/mol. The topological polar surface area (TPSA) is 14.1 Å². The molecule has 0 spiro atoms. The molecule has 0 aliphatic heterocycles. The largest absolute Gasteiger partial charge is 0.416 e. The average Bonchev–Trinajstić information content (AvgIpc) is 3.27. The highest BCUT2D eigenvalue weighted by molar-refractivity contribution is 7.20. The highest BCUT2D eigenvalue weighted by atomic mass is 19.4. The van der Waals surface area contributed by atoms with Gasteiger partial charge in [0.15, 0.2) is 11.9 Å². The minimum Gasteiger partial charge on any atom is -0.214 e. The van der Waals surface area contributed by atoms with Gasteiger partial charge in [-0.25, -0.2) is 4.98 Å². The molecule has 0 atom stereocenters. The highest BCUT2D eigenvalue weighted by Gasteiger charge is 2.47. The SMILES string of the molecule is FC(F)(F)c1cc([B-](c2cc(C(F)(F)F)cc(C(F)(F)F)c2)(c2cc(C(F)(F)F)cc(C(F)(F)F)c2)c2cc(C(F)(F)F)cc(C(F)(F)F)c2)cc(C(F)(F)F)c1.c1ccc(Cc2[nH+]ccc3ccccc23)cc1. The van der Waals surface area contributed by atoms with E-state index in [4.69, 9.17) is 0 Å². The molecular formula is C48H26BF24N. The van der Waals surface area contributed by atoms with Gasteiger partial charge in [-0.15, -0.1) is 0 Å². The zero-order chi connectivity index (χ0) is 55.4. The van der Waals surface area contributed by atoms with Gasteiger partial charge in [0, 0.05) is 11.5 Å². The molecule has 0 saturated carbocycles. The van der Waals surface area contributed by atoms with Crippen LogP contribution in [0.4, 0.5) is 105 Å².